The maximum atomic E-state index is 12.7. The van der Waals surface area contributed by atoms with Crippen molar-refractivity contribution in [1.29, 1.82) is 0 Å². The predicted molar refractivity (Wildman–Crippen MR) is 156 cm³/mol. The molecule has 0 aliphatic carbocycles. The lowest BCUT2D eigenvalue weighted by atomic mass is 9.94. The maximum Gasteiger partial charge on any atom is 0.328 e. The van der Waals surface area contributed by atoms with Gasteiger partial charge in [0.25, 0.3) is 5.91 Å². The van der Waals surface area contributed by atoms with E-state index in [2.05, 4.69) is 31.3 Å². The van der Waals surface area contributed by atoms with E-state index in [4.69, 9.17) is 0 Å². The number of hydrogen-bond donors (Lipinski definition) is 11. The van der Waals surface area contributed by atoms with E-state index in [1.54, 1.807) is 13.8 Å². The first kappa shape index (κ1) is 41.7. The monoisotopic (exact) mass is 651 g/mol. The van der Waals surface area contributed by atoms with Gasteiger partial charge in [-0.05, 0) is 19.3 Å². The van der Waals surface area contributed by atoms with Crippen molar-refractivity contribution in [3.05, 3.63) is 0 Å². The zero-order valence-corrected chi connectivity index (χ0v) is 26.2. The van der Waals surface area contributed by atoms with Crippen LogP contribution in [0.2, 0.25) is 0 Å². The van der Waals surface area contributed by atoms with Crippen LogP contribution in [0.1, 0.15) is 47.0 Å². The molecule has 0 aliphatic rings. The highest BCUT2D eigenvalue weighted by Gasteiger charge is 2.38. The van der Waals surface area contributed by atoms with Gasteiger partial charge in [-0.3, -0.25) is 24.0 Å². The third kappa shape index (κ3) is 15.0. The number of carbonyl (C=O) groups is 6. The molecule has 7 atom stereocenters. The molecule has 45 heavy (non-hydrogen) atoms. The zero-order chi connectivity index (χ0) is 34.9. The first-order valence-electron chi connectivity index (χ1n) is 14.5. The lowest BCUT2D eigenvalue weighted by molar-refractivity contribution is -0.155. The number of methoxy groups -OCH3 is 1. The van der Waals surface area contributed by atoms with E-state index in [1.165, 1.54) is 13.8 Å². The number of amides is 4. The summed E-state index contributed by atoms with van der Waals surface area (Å²) >= 11 is 0. The molecule has 0 spiro atoms. The highest BCUT2D eigenvalue weighted by atomic mass is 16.5. The van der Waals surface area contributed by atoms with Gasteiger partial charge >= 0.3 is 5.97 Å². The predicted octanol–water partition coefficient (Wildman–Crippen LogP) is -5.45. The number of aliphatic hydroxyl groups is 6. The van der Waals surface area contributed by atoms with Gasteiger partial charge in [-0.25, -0.2) is 4.79 Å². The molecule has 260 valence electrons. The molecule has 18 nitrogen and oxygen atoms in total. The average molecular weight is 652 g/mol. The second-order valence-corrected chi connectivity index (χ2v) is 10.9. The normalized spacial score (nSPS) is 16.0. The summed E-state index contributed by atoms with van der Waals surface area (Å²) in [6.07, 6.45) is -8.09. The summed E-state index contributed by atoms with van der Waals surface area (Å²) in [6, 6.07) is -4.23. The van der Waals surface area contributed by atoms with E-state index in [-0.39, 0.29) is 38.4 Å². The van der Waals surface area contributed by atoms with E-state index in [9.17, 15) is 59.4 Å². The molecule has 0 saturated carbocycles. The summed E-state index contributed by atoms with van der Waals surface area (Å²) < 4.78 is 4.68. The molecule has 4 unspecified atom stereocenters. The Kier molecular flexibility index (Phi) is 19.9. The molecule has 0 fully saturated rings. The van der Waals surface area contributed by atoms with Crippen molar-refractivity contribution in [3.8, 4) is 0 Å². The van der Waals surface area contributed by atoms with Crippen LogP contribution < -0.4 is 26.6 Å². The van der Waals surface area contributed by atoms with Crippen LogP contribution in [0.15, 0.2) is 0 Å². The first-order chi connectivity index (χ1) is 21.0. The molecule has 0 radical (unpaired) electrons. The molecule has 0 aliphatic heterocycles. The van der Waals surface area contributed by atoms with E-state index in [1.807, 2.05) is 0 Å². The highest BCUT2D eigenvalue weighted by molar-refractivity contribution is 5.94. The Morgan fingerprint density at radius 2 is 1.20 bits per heavy atom. The molecule has 0 rings (SSSR count). The van der Waals surface area contributed by atoms with Crippen LogP contribution in [0.4, 0.5) is 0 Å². The molecular formula is C27H49N5O13. The molecule has 4 amide bonds. The van der Waals surface area contributed by atoms with Gasteiger partial charge in [-0.15, -0.1) is 0 Å². The van der Waals surface area contributed by atoms with Crippen LogP contribution >= 0.6 is 0 Å². The van der Waals surface area contributed by atoms with Crippen LogP contribution in [0, 0.1) is 5.92 Å². The Labute approximate surface area is 261 Å². The summed E-state index contributed by atoms with van der Waals surface area (Å²) in [4.78, 5) is 73.4. The second-order valence-electron chi connectivity index (χ2n) is 10.9. The van der Waals surface area contributed by atoms with Gasteiger partial charge in [0.05, 0.1) is 26.9 Å². The number of rotatable bonds is 22. The molecular weight excluding hydrogens is 602 g/mol. The van der Waals surface area contributed by atoms with E-state index in [0.717, 1.165) is 7.11 Å². The van der Waals surface area contributed by atoms with Gasteiger partial charge in [-0.1, -0.05) is 27.7 Å². The van der Waals surface area contributed by atoms with Crippen LogP contribution in [-0.4, -0.2) is 148 Å². The molecule has 18 heteroatoms. The molecule has 0 aromatic heterocycles. The van der Waals surface area contributed by atoms with Crippen molar-refractivity contribution < 1.29 is 64.1 Å². The van der Waals surface area contributed by atoms with Gasteiger partial charge < -0.3 is 62.0 Å². The van der Waals surface area contributed by atoms with Crippen molar-refractivity contribution in [2.24, 2.45) is 5.92 Å². The van der Waals surface area contributed by atoms with Crippen molar-refractivity contribution >= 4 is 35.4 Å². The fourth-order valence-corrected chi connectivity index (χ4v) is 3.69. The second kappa shape index (κ2) is 21.5. The summed E-state index contributed by atoms with van der Waals surface area (Å²) in [6.45, 7) is 4.62. The number of ketones is 1. The highest BCUT2D eigenvalue weighted by Crippen LogP contribution is 2.11. The van der Waals surface area contributed by atoms with Crippen LogP contribution in [0.3, 0.4) is 0 Å². The number of unbranched alkanes of at least 4 members (excludes halogenated alkanes) is 1. The molecule has 0 bridgehead atoms. The molecule has 0 saturated heterocycles. The smallest absolute Gasteiger partial charge is 0.328 e. The van der Waals surface area contributed by atoms with Crippen molar-refractivity contribution in [2.45, 2.75) is 95.5 Å². The van der Waals surface area contributed by atoms with Crippen LogP contribution in [0.5, 0.6) is 0 Å². The van der Waals surface area contributed by atoms with Gasteiger partial charge in [-0.2, -0.15) is 0 Å². The molecule has 0 heterocycles. The Bertz CT molecular complexity index is 981. The van der Waals surface area contributed by atoms with Crippen LogP contribution in [-0.2, 0) is 33.5 Å². The van der Waals surface area contributed by atoms with E-state index >= 15 is 0 Å². The number of nitrogens with one attached hydrogen (secondary N) is 5. The number of hydrogen-bond acceptors (Lipinski definition) is 14. The van der Waals surface area contributed by atoms with Crippen molar-refractivity contribution in [3.63, 3.8) is 0 Å². The molecule has 11 N–H and O–H groups in total. The Hall–Kier alpha value is -3.26. The summed E-state index contributed by atoms with van der Waals surface area (Å²) in [5.74, 6) is -5.93. The van der Waals surface area contributed by atoms with Crippen molar-refractivity contribution in [1.82, 2.24) is 26.6 Å². The summed E-state index contributed by atoms with van der Waals surface area (Å²) in [5, 5.41) is 70.9. The lowest BCUT2D eigenvalue weighted by Gasteiger charge is -2.26. The average Bonchev–Trinajstić information content (AvgIpc) is 3.01. The van der Waals surface area contributed by atoms with Crippen molar-refractivity contribution in [2.75, 3.05) is 33.4 Å². The van der Waals surface area contributed by atoms with E-state index in [0.29, 0.717) is 0 Å². The first-order valence-corrected chi connectivity index (χ1v) is 14.5. The Morgan fingerprint density at radius 3 is 1.69 bits per heavy atom. The van der Waals surface area contributed by atoms with E-state index < -0.39 is 97.1 Å². The number of ether oxygens (including phenoxy) is 1. The quantitative estimate of drug-likeness (QED) is 0.0385. The molecule has 0 aromatic carbocycles. The third-order valence-corrected chi connectivity index (χ3v) is 6.47. The third-order valence-electron chi connectivity index (χ3n) is 6.47. The lowest BCUT2D eigenvalue weighted by Crippen LogP contribution is -2.58. The zero-order valence-electron chi connectivity index (χ0n) is 26.2. The standard InChI is InChI=1S/C27H49N5O13/c1-13(2)19(36)20(37)21(38)22(39)23(40)26(43)28-9-7-6-8-15(27(44)45-5)31-25(42)17(12-34)32-24(41)16(11-33)30-18(35)10-29-14(3)4/h13-17,20-23,29,33-34,37-40H,6-12H2,1-5H3,(H,28,43)(H,30,35)(H,31,42)(H,32,41)/t15-,16-,17-,20?,21?,22?,23?/m0/s1. The Morgan fingerprint density at radius 1 is 0.689 bits per heavy atom. The summed E-state index contributed by atoms with van der Waals surface area (Å²) in [7, 11) is 1.07. The minimum atomic E-state index is -2.17. The largest absolute Gasteiger partial charge is 0.467 e. The van der Waals surface area contributed by atoms with Crippen LogP contribution in [0.25, 0.3) is 0 Å². The summed E-state index contributed by atoms with van der Waals surface area (Å²) in [5.41, 5.74) is 0. The minimum Gasteiger partial charge on any atom is -0.467 e. The number of esters is 1. The number of carbonyl (C=O) groups excluding carboxylic acids is 6. The van der Waals surface area contributed by atoms with Gasteiger partial charge in [0.2, 0.25) is 17.7 Å². The number of aliphatic hydroxyl groups excluding tert-OH is 6. The minimum absolute atomic E-state index is 0.0165. The fraction of sp³-hybridized carbons (Fsp3) is 0.778. The molecule has 0 aromatic rings. The fourth-order valence-electron chi connectivity index (χ4n) is 3.69. The van der Waals surface area contributed by atoms with Gasteiger partial charge in [0.15, 0.2) is 11.9 Å². The topological polar surface area (TPSA) is 293 Å². The van der Waals surface area contributed by atoms with Gasteiger partial charge in [0.1, 0.15) is 36.4 Å². The number of Topliss-reactive ketones (excluding diaryl/α,β-unsaturated/α-hetero) is 1. The maximum absolute atomic E-state index is 12.7. The van der Waals surface area contributed by atoms with Gasteiger partial charge in [0, 0.05) is 18.5 Å². The Balaban J connectivity index is 4.97. The SMILES string of the molecule is COC(=O)[C@H](CCCCNC(=O)C(O)C(O)C(O)C(O)C(=O)C(C)C)NC(=O)[C@H](CO)NC(=O)[C@H](CO)NC(=O)CNC(C)C.